The second kappa shape index (κ2) is 6.84. The summed E-state index contributed by atoms with van der Waals surface area (Å²) < 4.78 is 23.5. The quantitative estimate of drug-likeness (QED) is 0.526. The highest BCUT2D eigenvalue weighted by molar-refractivity contribution is 5.77. The molecule has 9 heteroatoms. The van der Waals surface area contributed by atoms with E-state index in [2.05, 4.69) is 25.2 Å². The molecule has 1 aromatic carbocycles. The maximum absolute atomic E-state index is 14.5. The first-order valence-corrected chi connectivity index (χ1v) is 9.48. The Hall–Kier alpha value is -3.93. The van der Waals surface area contributed by atoms with Gasteiger partial charge in [-0.05, 0) is 25.1 Å². The molecule has 0 spiro atoms. The summed E-state index contributed by atoms with van der Waals surface area (Å²) in [6.07, 6.45) is 4.00. The van der Waals surface area contributed by atoms with Gasteiger partial charge in [-0.1, -0.05) is 11.6 Å². The van der Waals surface area contributed by atoms with Crippen LogP contribution in [-0.4, -0.2) is 30.8 Å². The summed E-state index contributed by atoms with van der Waals surface area (Å²) in [5.41, 5.74) is 4.52. The number of hydrogen-bond donors (Lipinski definition) is 1. The van der Waals surface area contributed by atoms with E-state index in [1.807, 2.05) is 20.0 Å². The lowest BCUT2D eigenvalue weighted by atomic mass is 10.0. The number of fused-ring (bicyclic) bond motifs is 2. The van der Waals surface area contributed by atoms with Gasteiger partial charge in [-0.25, -0.2) is 9.37 Å². The highest BCUT2D eigenvalue weighted by Gasteiger charge is 2.21. The van der Waals surface area contributed by atoms with Crippen molar-refractivity contribution in [3.63, 3.8) is 0 Å². The van der Waals surface area contributed by atoms with Crippen molar-refractivity contribution in [3.8, 4) is 17.0 Å². The second-order valence-corrected chi connectivity index (χ2v) is 7.15. The number of halogens is 1. The normalized spacial score (nSPS) is 12.6. The predicted molar refractivity (Wildman–Crippen MR) is 109 cm³/mol. The molecule has 4 aromatic rings. The van der Waals surface area contributed by atoms with E-state index in [4.69, 9.17) is 11.3 Å². The molecular weight excluding hydrogens is 385 g/mol. The first-order valence-electron chi connectivity index (χ1n) is 9.48. The molecule has 8 nitrogen and oxygen atoms in total. The molecule has 30 heavy (non-hydrogen) atoms. The van der Waals surface area contributed by atoms with Crippen molar-refractivity contribution < 1.29 is 9.13 Å². The number of nitrogens with zero attached hydrogens (tertiary/aromatic N) is 6. The number of rotatable bonds is 4. The molecule has 150 valence electrons. The number of anilines is 1. The number of hydrogen-bond acceptors (Lipinski definition) is 5. The Morgan fingerprint density at radius 1 is 1.37 bits per heavy atom. The lowest BCUT2D eigenvalue weighted by Gasteiger charge is -2.12. The molecule has 0 saturated carbocycles. The van der Waals surface area contributed by atoms with Crippen LogP contribution in [0.4, 0.5) is 16.2 Å². The number of aromatic nitrogens is 5. The highest BCUT2D eigenvalue weighted by Crippen LogP contribution is 2.31. The average molecular weight is 403 g/mol. The van der Waals surface area contributed by atoms with Gasteiger partial charge in [0.2, 0.25) is 11.6 Å². The van der Waals surface area contributed by atoms with Crippen LogP contribution in [0.3, 0.4) is 0 Å². The summed E-state index contributed by atoms with van der Waals surface area (Å²) in [7, 11) is 1.85. The summed E-state index contributed by atoms with van der Waals surface area (Å²) in [5.74, 6) is 1.18. The number of ether oxygens (including phenoxy) is 1. The fourth-order valence-corrected chi connectivity index (χ4v) is 3.87. The van der Waals surface area contributed by atoms with Crippen molar-refractivity contribution in [1.82, 2.24) is 24.1 Å². The third kappa shape index (κ3) is 2.85. The Labute approximate surface area is 171 Å². The first-order chi connectivity index (χ1) is 14.5. The molecule has 0 atom stereocenters. The second-order valence-electron chi connectivity index (χ2n) is 7.15. The van der Waals surface area contributed by atoms with E-state index in [9.17, 15) is 4.39 Å². The third-order valence-corrected chi connectivity index (χ3v) is 5.23. The van der Waals surface area contributed by atoms with E-state index in [1.54, 1.807) is 27.5 Å². The summed E-state index contributed by atoms with van der Waals surface area (Å²) >= 11 is 0. The van der Waals surface area contributed by atoms with Crippen LogP contribution in [0.1, 0.15) is 16.8 Å². The fraction of sp³-hybridized carbons (Fsp3) is 0.238. The van der Waals surface area contributed by atoms with E-state index in [-0.39, 0.29) is 18.2 Å². The minimum absolute atomic E-state index is 0.246. The zero-order valence-corrected chi connectivity index (χ0v) is 16.5. The summed E-state index contributed by atoms with van der Waals surface area (Å²) in [6.45, 7) is 10.1. The van der Waals surface area contributed by atoms with Gasteiger partial charge in [0.25, 0.3) is 5.82 Å². The largest absolute Gasteiger partial charge is 0.493 e. The number of nitrogens with one attached hydrogen (secondary N) is 1. The Balaban J connectivity index is 1.56. The molecule has 0 aliphatic carbocycles. The van der Waals surface area contributed by atoms with E-state index < -0.39 is 0 Å². The summed E-state index contributed by atoms with van der Waals surface area (Å²) in [5, 5.41) is 7.59. The average Bonchev–Trinajstić information content (AvgIpc) is 3.45. The molecule has 3 aromatic heterocycles. The van der Waals surface area contributed by atoms with Crippen molar-refractivity contribution in [3.05, 3.63) is 64.6 Å². The zero-order chi connectivity index (χ0) is 20.8. The van der Waals surface area contributed by atoms with Crippen LogP contribution in [0.25, 0.3) is 21.7 Å². The van der Waals surface area contributed by atoms with E-state index in [0.29, 0.717) is 30.2 Å². The van der Waals surface area contributed by atoms with Gasteiger partial charge >= 0.3 is 0 Å². The van der Waals surface area contributed by atoms with E-state index >= 15 is 0 Å². The molecule has 0 amide bonds. The molecule has 0 fully saturated rings. The fourth-order valence-electron chi connectivity index (χ4n) is 3.87. The van der Waals surface area contributed by atoms with Gasteiger partial charge in [-0.2, -0.15) is 5.10 Å². The minimum atomic E-state index is -0.280. The van der Waals surface area contributed by atoms with Crippen LogP contribution in [0.15, 0.2) is 30.6 Å². The molecule has 0 radical (unpaired) electrons. The standard InChI is InChI=1S/C21H18FN7O/c1-12-8-17(28(3)27-12)15-10-25-21(29-11-19(23-2)26-20(15)29)24-9-14-13-6-7-30-18(13)5-4-16(14)22/h4-5,8,10-11H,6-7,9H2,1,3H3,(H,24,25). The molecule has 5 rings (SSSR count). The Bertz CT molecular complexity index is 1330. The summed E-state index contributed by atoms with van der Waals surface area (Å²) in [6, 6.07) is 5.03. The van der Waals surface area contributed by atoms with E-state index in [0.717, 1.165) is 28.3 Å². The van der Waals surface area contributed by atoms with Gasteiger partial charge in [-0.3, -0.25) is 9.08 Å². The van der Waals surface area contributed by atoms with Gasteiger partial charge in [0.05, 0.1) is 23.6 Å². The van der Waals surface area contributed by atoms with Crippen LogP contribution >= 0.6 is 0 Å². The lowest BCUT2D eigenvalue weighted by Crippen LogP contribution is -2.10. The molecule has 0 bridgehead atoms. The number of benzene rings is 1. The van der Waals surface area contributed by atoms with Gasteiger partial charge in [0, 0.05) is 43.5 Å². The first kappa shape index (κ1) is 18.1. The highest BCUT2D eigenvalue weighted by atomic mass is 19.1. The van der Waals surface area contributed by atoms with Crippen molar-refractivity contribution in [2.75, 3.05) is 11.9 Å². The molecule has 0 unspecified atom stereocenters. The topological polar surface area (TPSA) is 73.6 Å². The maximum atomic E-state index is 14.5. The van der Waals surface area contributed by atoms with Gasteiger partial charge in [0.1, 0.15) is 11.6 Å². The Morgan fingerprint density at radius 3 is 3.00 bits per heavy atom. The number of aryl methyl sites for hydroxylation is 2. The maximum Gasteiger partial charge on any atom is 0.288 e. The Kier molecular flexibility index (Phi) is 4.13. The summed E-state index contributed by atoms with van der Waals surface area (Å²) in [4.78, 5) is 12.4. The molecule has 4 heterocycles. The van der Waals surface area contributed by atoms with E-state index in [1.165, 1.54) is 6.07 Å². The molecule has 0 saturated heterocycles. The Morgan fingerprint density at radius 2 is 2.23 bits per heavy atom. The molecule has 1 aliphatic rings. The van der Waals surface area contributed by atoms with Crippen LogP contribution in [0.5, 0.6) is 5.75 Å². The monoisotopic (exact) mass is 403 g/mol. The minimum Gasteiger partial charge on any atom is -0.493 e. The van der Waals surface area contributed by atoms with Crippen LogP contribution in [0, 0.1) is 19.3 Å². The molecule has 1 N–H and O–H groups in total. The van der Waals surface area contributed by atoms with Crippen molar-refractivity contribution in [2.45, 2.75) is 19.9 Å². The zero-order valence-electron chi connectivity index (χ0n) is 16.5. The SMILES string of the molecule is [C-]#[N+]c1cn2c(NCc3c(F)ccc4c3CCO4)ncc(-c3cc(C)nn3C)c2n1. The van der Waals surface area contributed by atoms with Gasteiger partial charge in [0.15, 0.2) is 0 Å². The van der Waals surface area contributed by atoms with Crippen LogP contribution in [0.2, 0.25) is 0 Å². The third-order valence-electron chi connectivity index (χ3n) is 5.23. The van der Waals surface area contributed by atoms with Crippen LogP contribution < -0.4 is 10.1 Å². The molecular formula is C21H18FN7O. The van der Waals surface area contributed by atoms with Crippen molar-refractivity contribution >= 4 is 17.4 Å². The lowest BCUT2D eigenvalue weighted by molar-refractivity contribution is 0.356. The van der Waals surface area contributed by atoms with Crippen LogP contribution in [-0.2, 0) is 20.0 Å². The van der Waals surface area contributed by atoms with Crippen molar-refractivity contribution in [1.29, 1.82) is 0 Å². The molecule has 1 aliphatic heterocycles. The predicted octanol–water partition coefficient (Wildman–Crippen LogP) is 3.68. The van der Waals surface area contributed by atoms with Gasteiger partial charge in [-0.15, -0.1) is 0 Å². The number of imidazole rings is 1. The smallest absolute Gasteiger partial charge is 0.288 e. The van der Waals surface area contributed by atoms with Crippen molar-refractivity contribution in [2.24, 2.45) is 7.05 Å². The van der Waals surface area contributed by atoms with Gasteiger partial charge < -0.3 is 14.9 Å².